The molecule has 0 N–H and O–H groups in total. The van der Waals surface area contributed by atoms with E-state index in [9.17, 15) is 14.4 Å². The molecule has 1 amide bonds. The Bertz CT molecular complexity index is 1550. The SMILES string of the molecule is COc1ccccc1-n1c(=O)c2c3c(sc2n(Cc2cccc(Cl)c2)c1=O)CN(C(C)=O)CC3. The summed E-state index contributed by atoms with van der Waals surface area (Å²) < 4.78 is 8.27. The second-order valence-corrected chi connectivity index (χ2v) is 9.71. The first-order chi connectivity index (χ1) is 16.4. The minimum atomic E-state index is -0.455. The van der Waals surface area contributed by atoms with Gasteiger partial charge in [-0.05, 0) is 41.8 Å². The fourth-order valence-corrected chi connectivity index (χ4v) is 6.02. The number of amides is 1. The number of methoxy groups -OCH3 is 1. The number of hydrogen-bond donors (Lipinski definition) is 0. The smallest absolute Gasteiger partial charge is 0.337 e. The second-order valence-electron chi connectivity index (χ2n) is 8.19. The van der Waals surface area contributed by atoms with Crippen LogP contribution >= 0.6 is 22.9 Å². The van der Waals surface area contributed by atoms with Crippen molar-refractivity contribution in [2.75, 3.05) is 13.7 Å². The number of fused-ring (bicyclic) bond motifs is 3. The number of ether oxygens (including phenoxy) is 1. The maximum absolute atomic E-state index is 13.8. The molecular formula is C25H22ClN3O4S. The normalized spacial score (nSPS) is 13.2. The summed E-state index contributed by atoms with van der Waals surface area (Å²) in [5.74, 6) is 0.424. The Balaban J connectivity index is 1.82. The predicted octanol–water partition coefficient (Wildman–Crippen LogP) is 3.83. The number of aromatic nitrogens is 2. The monoisotopic (exact) mass is 495 g/mol. The molecule has 1 aliphatic rings. The van der Waals surface area contributed by atoms with Gasteiger partial charge in [0, 0.05) is 23.4 Å². The van der Waals surface area contributed by atoms with Crippen molar-refractivity contribution < 1.29 is 9.53 Å². The van der Waals surface area contributed by atoms with E-state index in [1.165, 1.54) is 23.0 Å². The van der Waals surface area contributed by atoms with Crippen molar-refractivity contribution in [3.63, 3.8) is 0 Å². The largest absolute Gasteiger partial charge is 0.495 e. The van der Waals surface area contributed by atoms with Crippen molar-refractivity contribution in [1.29, 1.82) is 0 Å². The van der Waals surface area contributed by atoms with Gasteiger partial charge in [0.25, 0.3) is 5.56 Å². The first-order valence-electron chi connectivity index (χ1n) is 10.8. The second kappa shape index (κ2) is 8.77. The van der Waals surface area contributed by atoms with E-state index in [4.69, 9.17) is 16.3 Å². The van der Waals surface area contributed by atoms with Gasteiger partial charge in [-0.15, -0.1) is 11.3 Å². The van der Waals surface area contributed by atoms with Crippen LogP contribution in [0.25, 0.3) is 15.9 Å². The minimum absolute atomic E-state index is 0.00847. The lowest BCUT2D eigenvalue weighted by Gasteiger charge is -2.25. The zero-order valence-electron chi connectivity index (χ0n) is 18.7. The van der Waals surface area contributed by atoms with Gasteiger partial charge in [0.15, 0.2) is 0 Å². The molecule has 7 nitrogen and oxygen atoms in total. The highest BCUT2D eigenvalue weighted by Gasteiger charge is 2.28. The van der Waals surface area contributed by atoms with Crippen LogP contribution in [-0.2, 0) is 24.3 Å². The fraction of sp³-hybridized carbons (Fsp3) is 0.240. The summed E-state index contributed by atoms with van der Waals surface area (Å²) in [5.41, 5.74) is 1.32. The number of rotatable bonds is 4. The number of thiophene rings is 1. The zero-order chi connectivity index (χ0) is 24.0. The quantitative estimate of drug-likeness (QED) is 0.431. The van der Waals surface area contributed by atoms with Crippen LogP contribution in [0.2, 0.25) is 5.02 Å². The van der Waals surface area contributed by atoms with Crippen LogP contribution in [0.5, 0.6) is 5.75 Å². The molecule has 0 saturated carbocycles. The van der Waals surface area contributed by atoms with Crippen LogP contribution in [0.3, 0.4) is 0 Å². The van der Waals surface area contributed by atoms with Crippen LogP contribution < -0.4 is 16.0 Å². The average molecular weight is 496 g/mol. The van der Waals surface area contributed by atoms with Crippen molar-refractivity contribution in [3.05, 3.63) is 90.4 Å². The molecule has 0 spiro atoms. The Morgan fingerprint density at radius 2 is 1.94 bits per heavy atom. The molecular weight excluding hydrogens is 474 g/mol. The standard InChI is InChI=1S/C25H22ClN3O4S/c1-15(30)27-11-10-18-21(14-27)34-24-22(18)23(31)29(19-8-3-4-9-20(19)33-2)25(32)28(24)13-16-6-5-7-17(26)12-16/h3-9,12H,10-11,13-14H2,1-2H3. The zero-order valence-corrected chi connectivity index (χ0v) is 20.3. The van der Waals surface area contributed by atoms with Crippen LogP contribution in [-0.4, -0.2) is 33.6 Å². The highest BCUT2D eigenvalue weighted by atomic mass is 35.5. The Morgan fingerprint density at radius 1 is 1.15 bits per heavy atom. The molecule has 174 valence electrons. The van der Waals surface area contributed by atoms with Crippen LogP contribution in [0, 0.1) is 0 Å². The number of hydrogen-bond acceptors (Lipinski definition) is 5. The van der Waals surface area contributed by atoms with Gasteiger partial charge in [0.2, 0.25) is 5.91 Å². The van der Waals surface area contributed by atoms with Gasteiger partial charge in [-0.2, -0.15) is 0 Å². The molecule has 1 aliphatic heterocycles. The van der Waals surface area contributed by atoms with Gasteiger partial charge in [-0.3, -0.25) is 14.2 Å². The topological polar surface area (TPSA) is 73.5 Å². The number of nitrogens with zero attached hydrogens (tertiary/aromatic N) is 3. The molecule has 5 rings (SSSR count). The molecule has 9 heteroatoms. The van der Waals surface area contributed by atoms with E-state index >= 15 is 0 Å². The Morgan fingerprint density at radius 3 is 2.68 bits per heavy atom. The molecule has 34 heavy (non-hydrogen) atoms. The summed E-state index contributed by atoms with van der Waals surface area (Å²) in [6, 6.07) is 14.3. The fourth-order valence-electron chi connectivity index (χ4n) is 4.46. The van der Waals surface area contributed by atoms with Crippen molar-refractivity contribution >= 4 is 39.1 Å². The summed E-state index contributed by atoms with van der Waals surface area (Å²) in [6.07, 6.45) is 0.561. The van der Waals surface area contributed by atoms with Crippen molar-refractivity contribution in [3.8, 4) is 11.4 Å². The number of halogens is 1. The molecule has 0 bridgehead atoms. The van der Waals surface area contributed by atoms with Crippen LogP contribution in [0.1, 0.15) is 22.9 Å². The Labute approximate surface area is 204 Å². The maximum Gasteiger partial charge on any atom is 0.337 e. The number of para-hydroxylation sites is 2. The molecule has 4 aromatic rings. The van der Waals surface area contributed by atoms with E-state index < -0.39 is 5.69 Å². The molecule has 2 aromatic carbocycles. The van der Waals surface area contributed by atoms with Gasteiger partial charge in [-0.1, -0.05) is 35.9 Å². The predicted molar refractivity (Wildman–Crippen MR) is 134 cm³/mol. The van der Waals surface area contributed by atoms with E-state index in [0.717, 1.165) is 16.0 Å². The lowest BCUT2D eigenvalue weighted by Crippen LogP contribution is -2.39. The van der Waals surface area contributed by atoms with Crippen LogP contribution in [0.4, 0.5) is 0 Å². The molecule has 2 aromatic heterocycles. The molecule has 0 radical (unpaired) electrons. The van der Waals surface area contributed by atoms with E-state index in [1.807, 2.05) is 18.2 Å². The van der Waals surface area contributed by atoms with Gasteiger partial charge in [-0.25, -0.2) is 9.36 Å². The van der Waals surface area contributed by atoms with E-state index in [2.05, 4.69) is 0 Å². The third-order valence-corrected chi connectivity index (χ3v) is 7.60. The van der Waals surface area contributed by atoms with Crippen molar-refractivity contribution in [1.82, 2.24) is 14.0 Å². The van der Waals surface area contributed by atoms with Crippen molar-refractivity contribution in [2.45, 2.75) is 26.4 Å². The maximum atomic E-state index is 13.8. The molecule has 0 fully saturated rings. The summed E-state index contributed by atoms with van der Waals surface area (Å²) in [7, 11) is 1.51. The van der Waals surface area contributed by atoms with Gasteiger partial charge in [0.05, 0.1) is 31.3 Å². The number of benzene rings is 2. The van der Waals surface area contributed by atoms with Gasteiger partial charge < -0.3 is 9.64 Å². The average Bonchev–Trinajstić information content (AvgIpc) is 3.21. The summed E-state index contributed by atoms with van der Waals surface area (Å²) in [4.78, 5) is 42.9. The molecule has 3 heterocycles. The molecule has 0 aliphatic carbocycles. The van der Waals surface area contributed by atoms with Crippen molar-refractivity contribution in [2.24, 2.45) is 0 Å². The first kappa shape index (κ1) is 22.4. The highest BCUT2D eigenvalue weighted by Crippen LogP contribution is 2.34. The number of carbonyl (C=O) groups excluding carboxylic acids is 1. The molecule has 0 atom stereocenters. The molecule has 0 unspecified atom stereocenters. The third-order valence-electron chi connectivity index (χ3n) is 6.12. The third kappa shape index (κ3) is 3.73. The van der Waals surface area contributed by atoms with Crippen LogP contribution in [0.15, 0.2) is 58.1 Å². The minimum Gasteiger partial charge on any atom is -0.495 e. The summed E-state index contributed by atoms with van der Waals surface area (Å²) in [5, 5.41) is 1.10. The number of carbonyl (C=O) groups is 1. The first-order valence-corrected chi connectivity index (χ1v) is 12.0. The summed E-state index contributed by atoms with van der Waals surface area (Å²) in [6.45, 7) is 2.77. The van der Waals surface area contributed by atoms with Gasteiger partial charge >= 0.3 is 5.69 Å². The lowest BCUT2D eigenvalue weighted by molar-refractivity contribution is -0.129. The Kier molecular flexibility index (Phi) is 5.79. The molecule has 0 saturated heterocycles. The summed E-state index contributed by atoms with van der Waals surface area (Å²) >= 11 is 7.60. The van der Waals surface area contributed by atoms with Gasteiger partial charge in [0.1, 0.15) is 10.6 Å². The van der Waals surface area contributed by atoms with E-state index in [0.29, 0.717) is 46.2 Å². The van der Waals surface area contributed by atoms with E-state index in [1.54, 1.807) is 46.7 Å². The Hall–Kier alpha value is -3.36. The lowest BCUT2D eigenvalue weighted by atomic mass is 10.1. The highest BCUT2D eigenvalue weighted by molar-refractivity contribution is 7.18. The van der Waals surface area contributed by atoms with E-state index in [-0.39, 0.29) is 18.0 Å².